The molecule has 1 N–H and O–H groups in total. The van der Waals surface area contributed by atoms with Crippen molar-refractivity contribution < 1.29 is 18.7 Å². The number of halogens is 1. The van der Waals surface area contributed by atoms with Gasteiger partial charge >= 0.3 is 0 Å². The molecule has 4 rings (SSSR count). The van der Waals surface area contributed by atoms with Gasteiger partial charge in [0.15, 0.2) is 6.10 Å². The second-order valence-electron chi connectivity index (χ2n) is 9.95. The van der Waals surface area contributed by atoms with E-state index < -0.39 is 6.10 Å². The van der Waals surface area contributed by atoms with E-state index in [1.165, 1.54) is 25.0 Å². The van der Waals surface area contributed by atoms with E-state index in [-0.39, 0.29) is 29.6 Å². The van der Waals surface area contributed by atoms with Crippen LogP contribution in [0.1, 0.15) is 69.2 Å². The maximum absolute atomic E-state index is 13.7. The van der Waals surface area contributed by atoms with Crippen LogP contribution in [0.25, 0.3) is 0 Å². The molecule has 6 heteroatoms. The highest BCUT2D eigenvalue weighted by Gasteiger charge is 2.33. The van der Waals surface area contributed by atoms with E-state index in [1.807, 2.05) is 43.9 Å². The molecule has 1 aliphatic carbocycles. The van der Waals surface area contributed by atoms with Gasteiger partial charge in [-0.25, -0.2) is 4.39 Å². The highest BCUT2D eigenvalue weighted by atomic mass is 19.1. The number of nitrogens with zero attached hydrogens (tertiary/aromatic N) is 1. The van der Waals surface area contributed by atoms with Gasteiger partial charge in [0.05, 0.1) is 6.04 Å². The van der Waals surface area contributed by atoms with Crippen molar-refractivity contribution in [1.29, 1.82) is 0 Å². The molecule has 0 radical (unpaired) electrons. The lowest BCUT2D eigenvalue weighted by atomic mass is 9.87. The van der Waals surface area contributed by atoms with E-state index in [0.29, 0.717) is 37.6 Å². The van der Waals surface area contributed by atoms with E-state index in [0.717, 1.165) is 23.1 Å². The van der Waals surface area contributed by atoms with Crippen LogP contribution in [-0.4, -0.2) is 35.9 Å². The molecule has 2 aliphatic rings. The van der Waals surface area contributed by atoms with Crippen molar-refractivity contribution in [2.75, 3.05) is 13.1 Å². The van der Waals surface area contributed by atoms with Crippen molar-refractivity contribution in [2.45, 2.75) is 65.0 Å². The third-order valence-corrected chi connectivity index (χ3v) is 6.64. The fraction of sp³-hybridized carbons (Fsp3) is 0.500. The SMILES string of the molecule is CC[C@H](Oc1ccc2c(c1)[C@H](c1ccc(F)cc1)N(C(=O)CC(C)C)CC2)C(=O)NCC1CC1. The van der Waals surface area contributed by atoms with Crippen molar-refractivity contribution in [3.8, 4) is 5.75 Å². The molecule has 1 fully saturated rings. The zero-order valence-electron chi connectivity index (χ0n) is 20.4. The summed E-state index contributed by atoms with van der Waals surface area (Å²) in [6, 6.07) is 11.9. The summed E-state index contributed by atoms with van der Waals surface area (Å²) in [5, 5.41) is 3.01. The van der Waals surface area contributed by atoms with Gasteiger partial charge in [-0.15, -0.1) is 0 Å². The van der Waals surface area contributed by atoms with Gasteiger partial charge in [0.1, 0.15) is 11.6 Å². The molecule has 2 amide bonds. The van der Waals surface area contributed by atoms with Crippen LogP contribution < -0.4 is 10.1 Å². The smallest absolute Gasteiger partial charge is 0.261 e. The molecule has 0 aromatic heterocycles. The molecule has 5 nitrogen and oxygen atoms in total. The molecule has 2 aromatic rings. The normalized spacial score (nSPS) is 18.4. The summed E-state index contributed by atoms with van der Waals surface area (Å²) in [5.41, 5.74) is 2.98. The van der Waals surface area contributed by atoms with Gasteiger partial charge in [-0.2, -0.15) is 0 Å². The lowest BCUT2D eigenvalue weighted by molar-refractivity contribution is -0.134. The lowest BCUT2D eigenvalue weighted by Gasteiger charge is -2.38. The maximum Gasteiger partial charge on any atom is 0.261 e. The Bertz CT molecular complexity index is 1020. The number of carbonyl (C=O) groups excluding carboxylic acids is 2. The monoisotopic (exact) mass is 466 g/mol. The third-order valence-electron chi connectivity index (χ3n) is 6.64. The topological polar surface area (TPSA) is 58.6 Å². The van der Waals surface area contributed by atoms with Crippen LogP contribution in [-0.2, 0) is 16.0 Å². The molecule has 182 valence electrons. The molecule has 34 heavy (non-hydrogen) atoms. The number of rotatable bonds is 9. The molecule has 0 saturated heterocycles. The fourth-order valence-electron chi connectivity index (χ4n) is 4.57. The summed E-state index contributed by atoms with van der Waals surface area (Å²) >= 11 is 0. The molecule has 2 atom stereocenters. The van der Waals surface area contributed by atoms with Gasteiger partial charge in [0, 0.05) is 19.5 Å². The number of hydrogen-bond acceptors (Lipinski definition) is 3. The summed E-state index contributed by atoms with van der Waals surface area (Å²) in [4.78, 5) is 27.7. The van der Waals surface area contributed by atoms with Crippen molar-refractivity contribution in [1.82, 2.24) is 10.2 Å². The standard InChI is InChI=1S/C28H35FN2O3/c1-4-25(28(33)30-17-19-5-6-19)34-23-12-9-20-13-14-31(26(32)15-18(2)3)27(24(20)16-23)21-7-10-22(29)11-8-21/h7-12,16,18-19,25,27H,4-6,13-15,17H2,1-3H3,(H,30,33)/t25-,27-/m0/s1. The first kappa shape index (κ1) is 24.2. The number of hydrogen-bond donors (Lipinski definition) is 1. The Labute approximate surface area is 201 Å². The zero-order chi connectivity index (χ0) is 24.2. The predicted octanol–water partition coefficient (Wildman–Crippen LogP) is 5.03. The van der Waals surface area contributed by atoms with Gasteiger partial charge in [0.25, 0.3) is 5.91 Å². The Balaban J connectivity index is 1.62. The van der Waals surface area contributed by atoms with E-state index in [9.17, 15) is 14.0 Å². The van der Waals surface area contributed by atoms with Crippen LogP contribution in [0.15, 0.2) is 42.5 Å². The predicted molar refractivity (Wildman–Crippen MR) is 130 cm³/mol. The molecule has 2 aromatic carbocycles. The Morgan fingerprint density at radius 3 is 2.53 bits per heavy atom. The van der Waals surface area contributed by atoms with Crippen LogP contribution in [0, 0.1) is 17.7 Å². The summed E-state index contributed by atoms with van der Waals surface area (Å²) in [7, 11) is 0. The van der Waals surface area contributed by atoms with Crippen LogP contribution in [0.3, 0.4) is 0 Å². The highest BCUT2D eigenvalue weighted by molar-refractivity contribution is 5.81. The van der Waals surface area contributed by atoms with Crippen molar-refractivity contribution in [3.63, 3.8) is 0 Å². The Hall–Kier alpha value is -2.89. The first-order valence-electron chi connectivity index (χ1n) is 12.5. The van der Waals surface area contributed by atoms with Crippen molar-refractivity contribution in [2.24, 2.45) is 11.8 Å². The van der Waals surface area contributed by atoms with Crippen LogP contribution in [0.5, 0.6) is 5.75 Å². The summed E-state index contributed by atoms with van der Waals surface area (Å²) in [6.07, 6.45) is 3.56. The van der Waals surface area contributed by atoms with Crippen molar-refractivity contribution >= 4 is 11.8 Å². The average molecular weight is 467 g/mol. The largest absolute Gasteiger partial charge is 0.481 e. The number of nitrogens with one attached hydrogen (secondary N) is 1. The Kier molecular flexibility index (Phi) is 7.54. The first-order chi connectivity index (χ1) is 16.4. The molecular weight excluding hydrogens is 431 g/mol. The van der Waals surface area contributed by atoms with Crippen LogP contribution in [0.4, 0.5) is 4.39 Å². The highest BCUT2D eigenvalue weighted by Crippen LogP contribution is 2.38. The fourth-order valence-corrected chi connectivity index (χ4v) is 4.57. The lowest BCUT2D eigenvalue weighted by Crippen LogP contribution is -2.41. The number of ether oxygens (including phenoxy) is 1. The average Bonchev–Trinajstić information content (AvgIpc) is 3.65. The number of fused-ring (bicyclic) bond motifs is 1. The second-order valence-corrected chi connectivity index (χ2v) is 9.95. The number of benzene rings is 2. The number of carbonyl (C=O) groups is 2. The van der Waals surface area contributed by atoms with Gasteiger partial charge in [-0.3, -0.25) is 9.59 Å². The minimum absolute atomic E-state index is 0.0871. The summed E-state index contributed by atoms with van der Waals surface area (Å²) in [5.74, 6) is 1.16. The molecule has 0 bridgehead atoms. The van der Waals surface area contributed by atoms with E-state index in [4.69, 9.17) is 4.74 Å². The number of amides is 2. The first-order valence-corrected chi connectivity index (χ1v) is 12.5. The minimum atomic E-state index is -0.566. The quantitative estimate of drug-likeness (QED) is 0.564. The van der Waals surface area contributed by atoms with Gasteiger partial charge in [-0.1, -0.05) is 39.0 Å². The summed E-state index contributed by atoms with van der Waals surface area (Å²) in [6.45, 7) is 7.33. The molecule has 1 heterocycles. The van der Waals surface area contributed by atoms with Crippen LogP contribution >= 0.6 is 0 Å². The Morgan fingerprint density at radius 2 is 1.88 bits per heavy atom. The second kappa shape index (κ2) is 10.6. The summed E-state index contributed by atoms with van der Waals surface area (Å²) < 4.78 is 19.8. The molecule has 1 saturated carbocycles. The Morgan fingerprint density at radius 1 is 1.15 bits per heavy atom. The molecule has 1 aliphatic heterocycles. The molecular formula is C28H35FN2O3. The maximum atomic E-state index is 13.7. The van der Waals surface area contributed by atoms with E-state index in [1.54, 1.807) is 12.1 Å². The van der Waals surface area contributed by atoms with Crippen LogP contribution in [0.2, 0.25) is 0 Å². The third kappa shape index (κ3) is 5.78. The van der Waals surface area contributed by atoms with Gasteiger partial charge in [0.2, 0.25) is 5.91 Å². The zero-order valence-corrected chi connectivity index (χ0v) is 20.4. The van der Waals surface area contributed by atoms with E-state index in [2.05, 4.69) is 5.32 Å². The van der Waals surface area contributed by atoms with Gasteiger partial charge in [-0.05, 0) is 78.5 Å². The van der Waals surface area contributed by atoms with Gasteiger partial charge < -0.3 is 15.0 Å². The van der Waals surface area contributed by atoms with E-state index >= 15 is 0 Å². The molecule has 0 unspecified atom stereocenters. The minimum Gasteiger partial charge on any atom is -0.481 e. The molecule has 0 spiro atoms. The van der Waals surface area contributed by atoms with Crippen molar-refractivity contribution in [3.05, 3.63) is 65.0 Å².